The first-order chi connectivity index (χ1) is 18.7. The van der Waals surface area contributed by atoms with E-state index in [1.54, 1.807) is 0 Å². The minimum Gasteiger partial charge on any atom is -0.194 e. The summed E-state index contributed by atoms with van der Waals surface area (Å²) in [6.07, 6.45) is -7.81. The van der Waals surface area contributed by atoms with E-state index in [1.807, 2.05) is 0 Å². The van der Waals surface area contributed by atoms with Gasteiger partial charge in [0, 0.05) is 33.7 Å². The average Bonchev–Trinajstić information content (AvgIpc) is 2.81. The van der Waals surface area contributed by atoms with Crippen LogP contribution in [0.15, 0.2) is 24.3 Å². The molecule has 0 aromatic heterocycles. The first-order valence-electron chi connectivity index (χ1n) is 9.73. The molecule has 0 heterocycles. The van der Waals surface area contributed by atoms with Crippen LogP contribution in [0.1, 0.15) is 11.1 Å². The molecule has 0 aliphatic carbocycles. The predicted octanol–water partition coefficient (Wildman–Crippen LogP) is 10.5. The molecule has 0 bridgehead atoms. The van der Waals surface area contributed by atoms with Crippen molar-refractivity contribution in [1.82, 2.24) is 0 Å². The van der Waals surface area contributed by atoms with Crippen molar-refractivity contribution in [2.24, 2.45) is 0 Å². The summed E-state index contributed by atoms with van der Waals surface area (Å²) in [4.78, 5) is 0. The van der Waals surface area contributed by atoms with Crippen molar-refractivity contribution in [3.63, 3.8) is 0 Å². The molecule has 0 spiro atoms. The summed E-state index contributed by atoms with van der Waals surface area (Å²) in [6, 6.07) is -5.05. The summed E-state index contributed by atoms with van der Waals surface area (Å²) in [5, 5.41) is 0. The van der Waals surface area contributed by atoms with Gasteiger partial charge >= 0.3 is 69.3 Å². The lowest BCUT2D eigenvalue weighted by Gasteiger charge is -2.40. The number of hydrogen-bond donors (Lipinski definition) is 0. The van der Waals surface area contributed by atoms with Crippen molar-refractivity contribution in [2.45, 2.75) is 69.3 Å². The minimum atomic E-state index is -8.42. The molecule has 1 aromatic carbocycles. The average molecular weight is 822 g/mol. The van der Waals surface area contributed by atoms with Gasteiger partial charge in [-0.1, -0.05) is 24.3 Å². The van der Waals surface area contributed by atoms with Gasteiger partial charge in [-0.05, 0) is 0 Å². The molecule has 0 N–H and O–H groups in total. The highest BCUT2D eigenvalue weighted by molar-refractivity contribution is 14.1. The van der Waals surface area contributed by atoms with Crippen molar-refractivity contribution in [1.29, 1.82) is 0 Å². The zero-order chi connectivity index (χ0) is 36.0. The molecule has 26 heteroatoms. The Balaban J connectivity index is 3.72. The van der Waals surface area contributed by atoms with E-state index in [0.717, 1.165) is 0 Å². The third-order valence-electron chi connectivity index (χ3n) is 5.48. The number of alkyl halides is 26. The van der Waals surface area contributed by atoms with Crippen LogP contribution in [0.25, 0.3) is 0 Å². The zero-order valence-electron chi connectivity index (χ0n) is 19.1. The standard InChI is InChI=1S/C18H4F25I/c19-7(20,9(23,24)11(27,28)13(31,32)15(35,36)17(39,40)41)5-1-3-6(4-2-5)8(21,22)10(25,26)12(29,30)14(33,34)16(37,38)18(42,43)44/h1-4H. The van der Waals surface area contributed by atoms with Gasteiger partial charge in [0.15, 0.2) is 0 Å². The van der Waals surface area contributed by atoms with E-state index in [1.165, 1.54) is 0 Å². The molecule has 0 amide bonds. The smallest absolute Gasteiger partial charge is 0.194 e. The van der Waals surface area contributed by atoms with E-state index < -0.39 is 127 Å². The fourth-order valence-corrected chi connectivity index (χ4v) is 3.13. The SMILES string of the molecule is FC(F)(F)C(F)(F)C(F)(F)C(F)(F)C(F)(F)C(F)(F)c1ccc(C(F)(F)C(F)(F)C(F)(F)C(F)(F)C(F)(F)C(F)(F)I)cc1. The Morgan fingerprint density at radius 3 is 0.705 bits per heavy atom. The van der Waals surface area contributed by atoms with Gasteiger partial charge in [0.25, 0.3) is 0 Å². The first-order valence-corrected chi connectivity index (χ1v) is 10.8. The number of rotatable bonds is 11. The summed E-state index contributed by atoms with van der Waals surface area (Å²) in [5.41, 5.74) is -6.20. The Morgan fingerprint density at radius 1 is 0.295 bits per heavy atom. The van der Waals surface area contributed by atoms with Gasteiger partial charge in [-0.3, -0.25) is 0 Å². The summed E-state index contributed by atoms with van der Waals surface area (Å²) in [7, 11) is 0. The van der Waals surface area contributed by atoms with E-state index >= 15 is 0 Å². The molecular formula is C18H4F25I. The Labute approximate surface area is 237 Å². The molecule has 0 fully saturated rings. The van der Waals surface area contributed by atoms with Gasteiger partial charge in [-0.2, -0.15) is 110 Å². The molecule has 1 aromatic rings. The molecule has 0 saturated carbocycles. The van der Waals surface area contributed by atoms with Crippen molar-refractivity contribution in [2.75, 3.05) is 0 Å². The van der Waals surface area contributed by atoms with E-state index in [4.69, 9.17) is 0 Å². The highest BCUT2D eigenvalue weighted by Gasteiger charge is 2.92. The maximum absolute atomic E-state index is 14.2. The van der Waals surface area contributed by atoms with E-state index in [9.17, 15) is 110 Å². The van der Waals surface area contributed by atoms with E-state index in [2.05, 4.69) is 0 Å². The monoisotopic (exact) mass is 822 g/mol. The second-order valence-electron chi connectivity index (χ2n) is 8.32. The van der Waals surface area contributed by atoms with Crippen molar-refractivity contribution >= 4 is 22.6 Å². The lowest BCUT2D eigenvalue weighted by molar-refractivity contribution is -0.441. The Hall–Kier alpha value is -1.80. The molecule has 0 atom stereocenters. The Kier molecular flexibility index (Phi) is 9.46. The lowest BCUT2D eigenvalue weighted by Crippen LogP contribution is -2.69. The second kappa shape index (κ2) is 10.4. The quantitative estimate of drug-likeness (QED) is 0.119. The van der Waals surface area contributed by atoms with Gasteiger partial charge < -0.3 is 0 Å². The highest BCUT2D eigenvalue weighted by Crippen LogP contribution is 2.64. The van der Waals surface area contributed by atoms with Crippen LogP contribution in [0.2, 0.25) is 0 Å². The first kappa shape index (κ1) is 40.2. The van der Waals surface area contributed by atoms with Crippen LogP contribution in [-0.4, -0.2) is 57.5 Å². The van der Waals surface area contributed by atoms with E-state index in [0.29, 0.717) is 0 Å². The van der Waals surface area contributed by atoms with Crippen LogP contribution in [0.4, 0.5) is 110 Å². The molecule has 0 unspecified atom stereocenters. The summed E-state index contributed by atoms with van der Waals surface area (Å²) >= 11 is -0.978. The molecule has 0 radical (unpaired) electrons. The minimum absolute atomic E-state index is 0.978. The van der Waals surface area contributed by atoms with Crippen molar-refractivity contribution < 1.29 is 110 Å². The molecule has 0 aliphatic rings. The molecule has 0 aliphatic heterocycles. The third kappa shape index (κ3) is 5.09. The second-order valence-corrected chi connectivity index (χ2v) is 9.67. The van der Waals surface area contributed by atoms with Crippen LogP contribution in [0.5, 0.6) is 0 Å². The van der Waals surface area contributed by atoms with Gasteiger partial charge in [0.1, 0.15) is 0 Å². The number of halogens is 26. The van der Waals surface area contributed by atoms with Crippen LogP contribution in [0.3, 0.4) is 0 Å². The maximum atomic E-state index is 14.2. The van der Waals surface area contributed by atoms with Gasteiger partial charge in [-0.15, -0.1) is 0 Å². The van der Waals surface area contributed by atoms with Gasteiger partial charge in [0.2, 0.25) is 0 Å². The third-order valence-corrected chi connectivity index (χ3v) is 6.15. The summed E-state index contributed by atoms with van der Waals surface area (Å²) in [6.45, 7) is 0. The Bertz CT molecular complexity index is 1090. The molecule has 0 nitrogen and oxygen atoms in total. The number of hydrogen-bond acceptors (Lipinski definition) is 0. The zero-order valence-corrected chi connectivity index (χ0v) is 21.3. The van der Waals surface area contributed by atoms with Crippen molar-refractivity contribution in [3.8, 4) is 0 Å². The fourth-order valence-electron chi connectivity index (χ4n) is 2.79. The van der Waals surface area contributed by atoms with Crippen LogP contribution in [0, 0.1) is 0 Å². The van der Waals surface area contributed by atoms with Gasteiger partial charge in [0.05, 0.1) is 0 Å². The lowest BCUT2D eigenvalue weighted by atomic mass is 9.88. The maximum Gasteiger partial charge on any atom is 0.460 e. The molecular weight excluding hydrogens is 818 g/mol. The van der Waals surface area contributed by atoms with Crippen LogP contribution in [-0.2, 0) is 11.8 Å². The number of benzene rings is 1. The van der Waals surface area contributed by atoms with Gasteiger partial charge in [-0.25, -0.2) is 0 Å². The molecule has 1 rings (SSSR count). The molecule has 258 valence electrons. The molecule has 0 saturated heterocycles. The van der Waals surface area contributed by atoms with E-state index in [-0.39, 0.29) is 0 Å². The topological polar surface area (TPSA) is 0 Å². The van der Waals surface area contributed by atoms with Crippen LogP contribution >= 0.6 is 22.6 Å². The highest BCUT2D eigenvalue weighted by atomic mass is 127. The summed E-state index contributed by atoms with van der Waals surface area (Å²) in [5.74, 6) is -79.2. The van der Waals surface area contributed by atoms with Crippen LogP contribution < -0.4 is 0 Å². The Morgan fingerprint density at radius 2 is 0.500 bits per heavy atom. The largest absolute Gasteiger partial charge is 0.460 e. The fraction of sp³-hybridized carbons (Fsp3) is 0.667. The summed E-state index contributed by atoms with van der Waals surface area (Å²) < 4.78 is 328. The predicted molar refractivity (Wildman–Crippen MR) is 98.8 cm³/mol. The molecule has 44 heavy (non-hydrogen) atoms. The van der Waals surface area contributed by atoms with Crippen molar-refractivity contribution in [3.05, 3.63) is 35.4 Å². The normalized spacial score (nSPS) is 16.4.